The molecule has 0 aromatic heterocycles. The molecule has 2 aliphatic rings. The van der Waals surface area contributed by atoms with Crippen LogP contribution in [0.25, 0.3) is 0 Å². The summed E-state index contributed by atoms with van der Waals surface area (Å²) in [6, 6.07) is 18.3. The summed E-state index contributed by atoms with van der Waals surface area (Å²) in [5.41, 5.74) is 2.67. The minimum Gasteiger partial charge on any atom is -0.313 e. The van der Waals surface area contributed by atoms with Crippen molar-refractivity contribution in [2.24, 2.45) is 5.92 Å². The lowest BCUT2D eigenvalue weighted by molar-refractivity contribution is 0.0914. The Hall–Kier alpha value is -1.71. The lowest BCUT2D eigenvalue weighted by Gasteiger charge is -2.39. The van der Waals surface area contributed by atoms with Crippen LogP contribution >= 0.6 is 0 Å². The average molecular weight is 310 g/mol. The highest BCUT2D eigenvalue weighted by Gasteiger charge is 2.38. The maximum atomic E-state index is 12.9. The summed E-state index contributed by atoms with van der Waals surface area (Å²) in [7, 11) is 0. The van der Waals surface area contributed by atoms with Gasteiger partial charge in [0.2, 0.25) is 0 Å². The molecule has 1 saturated carbocycles. The zero-order chi connectivity index (χ0) is 15.6. The molecule has 0 unspecified atom stereocenters. The van der Waals surface area contributed by atoms with Crippen LogP contribution in [0.2, 0.25) is 0 Å². The van der Waals surface area contributed by atoms with Crippen LogP contribution in [0.15, 0.2) is 54.6 Å². The summed E-state index contributed by atoms with van der Waals surface area (Å²) in [4.78, 5) is 2.43. The molecule has 3 heteroatoms. The Kier molecular flexibility index (Phi) is 4.15. The van der Waals surface area contributed by atoms with Gasteiger partial charge in [0.05, 0.1) is 0 Å². The molecule has 0 amide bonds. The summed E-state index contributed by atoms with van der Waals surface area (Å²) < 4.78 is 12.9. The van der Waals surface area contributed by atoms with Gasteiger partial charge >= 0.3 is 0 Å². The molecule has 2 nitrogen and oxygen atoms in total. The van der Waals surface area contributed by atoms with Crippen LogP contribution < -0.4 is 5.32 Å². The largest absolute Gasteiger partial charge is 0.313 e. The highest BCUT2D eigenvalue weighted by Crippen LogP contribution is 2.40. The van der Waals surface area contributed by atoms with Gasteiger partial charge in [-0.05, 0) is 35.6 Å². The van der Waals surface area contributed by atoms with Gasteiger partial charge in [-0.25, -0.2) is 4.39 Å². The van der Waals surface area contributed by atoms with Crippen molar-refractivity contribution in [2.75, 3.05) is 19.6 Å². The number of benzene rings is 2. The van der Waals surface area contributed by atoms with Gasteiger partial charge in [0, 0.05) is 38.1 Å². The van der Waals surface area contributed by atoms with E-state index in [2.05, 4.69) is 40.5 Å². The molecular weight excluding hydrogens is 287 g/mol. The summed E-state index contributed by atoms with van der Waals surface area (Å²) >= 11 is 0. The van der Waals surface area contributed by atoms with Crippen molar-refractivity contribution in [2.45, 2.75) is 24.9 Å². The van der Waals surface area contributed by atoms with Crippen LogP contribution in [0.5, 0.6) is 0 Å². The quantitative estimate of drug-likeness (QED) is 0.880. The third-order valence-electron chi connectivity index (χ3n) is 5.04. The highest BCUT2D eigenvalue weighted by molar-refractivity contribution is 5.27. The zero-order valence-corrected chi connectivity index (χ0v) is 13.3. The van der Waals surface area contributed by atoms with E-state index in [-0.39, 0.29) is 5.82 Å². The molecule has 1 aliphatic heterocycles. The first-order chi connectivity index (χ1) is 11.3. The van der Waals surface area contributed by atoms with E-state index in [4.69, 9.17) is 0 Å². The van der Waals surface area contributed by atoms with E-state index in [1.165, 1.54) is 17.5 Å². The molecule has 23 heavy (non-hydrogen) atoms. The minimum atomic E-state index is -0.156. The number of likely N-dealkylation sites (tertiary alicyclic amines) is 1. The Bertz CT molecular complexity index is 634. The molecule has 120 valence electrons. The predicted molar refractivity (Wildman–Crippen MR) is 90.8 cm³/mol. The van der Waals surface area contributed by atoms with Crippen LogP contribution in [0.3, 0.4) is 0 Å². The topological polar surface area (TPSA) is 15.3 Å². The maximum absolute atomic E-state index is 12.9. The molecule has 4 rings (SSSR count). The van der Waals surface area contributed by atoms with Gasteiger partial charge in [-0.1, -0.05) is 42.5 Å². The highest BCUT2D eigenvalue weighted by atomic mass is 19.1. The second-order valence-corrected chi connectivity index (χ2v) is 6.95. The molecule has 2 atom stereocenters. The Morgan fingerprint density at radius 3 is 2.48 bits per heavy atom. The average Bonchev–Trinajstić information content (AvgIpc) is 3.32. The van der Waals surface area contributed by atoms with Crippen molar-refractivity contribution in [3.63, 3.8) is 0 Å². The van der Waals surface area contributed by atoms with E-state index in [9.17, 15) is 4.39 Å². The van der Waals surface area contributed by atoms with E-state index in [0.717, 1.165) is 32.1 Å². The summed E-state index contributed by atoms with van der Waals surface area (Å²) in [5.74, 6) is 1.32. The first kappa shape index (κ1) is 14.9. The van der Waals surface area contributed by atoms with Crippen molar-refractivity contribution in [1.82, 2.24) is 10.2 Å². The molecular formula is C20H23FN2. The summed E-state index contributed by atoms with van der Waals surface area (Å²) in [6.45, 7) is 4.35. The SMILES string of the molecule is Fc1ccc(CN2CC(CN[C@@H]3C[C@H]3c3ccccc3)C2)cc1. The normalized spacial score (nSPS) is 24.4. The number of nitrogens with one attached hydrogen (secondary N) is 1. The molecule has 1 heterocycles. The minimum absolute atomic E-state index is 0.156. The molecule has 1 aliphatic carbocycles. The Morgan fingerprint density at radius 2 is 1.74 bits per heavy atom. The van der Waals surface area contributed by atoms with Crippen LogP contribution in [0.1, 0.15) is 23.5 Å². The van der Waals surface area contributed by atoms with Crippen molar-refractivity contribution < 1.29 is 4.39 Å². The molecule has 0 spiro atoms. The van der Waals surface area contributed by atoms with Crippen LogP contribution in [-0.4, -0.2) is 30.6 Å². The third kappa shape index (κ3) is 3.62. The van der Waals surface area contributed by atoms with Crippen molar-refractivity contribution in [3.05, 3.63) is 71.5 Å². The first-order valence-electron chi connectivity index (χ1n) is 8.53. The number of hydrogen-bond acceptors (Lipinski definition) is 2. The summed E-state index contributed by atoms with van der Waals surface area (Å²) in [6.07, 6.45) is 1.27. The van der Waals surface area contributed by atoms with Gasteiger partial charge in [0.1, 0.15) is 5.82 Å². The van der Waals surface area contributed by atoms with Gasteiger partial charge in [-0.3, -0.25) is 4.90 Å². The van der Waals surface area contributed by atoms with Gasteiger partial charge in [0.25, 0.3) is 0 Å². The molecule has 2 fully saturated rings. The van der Waals surface area contributed by atoms with E-state index < -0.39 is 0 Å². The lowest BCUT2D eigenvalue weighted by atomic mass is 9.99. The Balaban J connectivity index is 1.16. The van der Waals surface area contributed by atoms with Gasteiger partial charge < -0.3 is 5.32 Å². The fraction of sp³-hybridized carbons (Fsp3) is 0.400. The van der Waals surface area contributed by atoms with Gasteiger partial charge in [-0.2, -0.15) is 0 Å². The number of nitrogens with zero attached hydrogens (tertiary/aromatic N) is 1. The van der Waals surface area contributed by atoms with Crippen molar-refractivity contribution in [3.8, 4) is 0 Å². The molecule has 0 bridgehead atoms. The fourth-order valence-corrected chi connectivity index (χ4v) is 3.59. The summed E-state index contributed by atoms with van der Waals surface area (Å²) in [5, 5.41) is 3.72. The van der Waals surface area contributed by atoms with E-state index in [0.29, 0.717) is 12.0 Å². The van der Waals surface area contributed by atoms with Crippen LogP contribution in [0, 0.1) is 11.7 Å². The standard InChI is InChI=1S/C20H23FN2/c21-18-8-6-15(7-9-18)12-23-13-16(14-23)11-22-20-10-19(20)17-4-2-1-3-5-17/h1-9,16,19-20,22H,10-14H2/t19-,20+/m0/s1. The second kappa shape index (κ2) is 6.42. The molecule has 2 aromatic carbocycles. The monoisotopic (exact) mass is 310 g/mol. The van der Waals surface area contributed by atoms with Crippen LogP contribution in [-0.2, 0) is 6.54 Å². The Labute approximate surface area is 137 Å². The number of halogens is 1. The van der Waals surface area contributed by atoms with E-state index in [1.807, 2.05) is 12.1 Å². The smallest absolute Gasteiger partial charge is 0.123 e. The number of rotatable bonds is 6. The molecule has 1 saturated heterocycles. The Morgan fingerprint density at radius 1 is 1.00 bits per heavy atom. The van der Waals surface area contributed by atoms with E-state index in [1.54, 1.807) is 12.1 Å². The van der Waals surface area contributed by atoms with Crippen LogP contribution in [0.4, 0.5) is 4.39 Å². The lowest BCUT2D eigenvalue weighted by Crippen LogP contribution is -2.50. The van der Waals surface area contributed by atoms with Gasteiger partial charge in [0.15, 0.2) is 0 Å². The second-order valence-electron chi connectivity index (χ2n) is 6.95. The predicted octanol–water partition coefficient (Wildman–Crippen LogP) is 3.40. The fourth-order valence-electron chi connectivity index (χ4n) is 3.59. The maximum Gasteiger partial charge on any atom is 0.123 e. The number of hydrogen-bond donors (Lipinski definition) is 1. The van der Waals surface area contributed by atoms with Crippen molar-refractivity contribution in [1.29, 1.82) is 0 Å². The van der Waals surface area contributed by atoms with Crippen molar-refractivity contribution >= 4 is 0 Å². The zero-order valence-electron chi connectivity index (χ0n) is 13.3. The first-order valence-corrected chi connectivity index (χ1v) is 8.53. The molecule has 2 aromatic rings. The third-order valence-corrected chi connectivity index (χ3v) is 5.04. The van der Waals surface area contributed by atoms with E-state index >= 15 is 0 Å². The molecule has 1 N–H and O–H groups in total. The molecule has 0 radical (unpaired) electrons. The van der Waals surface area contributed by atoms with Gasteiger partial charge in [-0.15, -0.1) is 0 Å².